The van der Waals surface area contributed by atoms with E-state index in [9.17, 15) is 13.2 Å². The smallest absolute Gasteiger partial charge is 0.243 e. The van der Waals surface area contributed by atoms with Crippen molar-refractivity contribution in [3.63, 3.8) is 0 Å². The Balaban J connectivity index is 1.60. The molecule has 0 N–H and O–H groups in total. The average molecular weight is 422 g/mol. The molecule has 29 heavy (non-hydrogen) atoms. The zero-order valence-corrected chi connectivity index (χ0v) is 19.0. The number of rotatable bonds is 5. The summed E-state index contributed by atoms with van der Waals surface area (Å²) in [7, 11) is -1.57. The van der Waals surface area contributed by atoms with Gasteiger partial charge in [0.1, 0.15) is 0 Å². The summed E-state index contributed by atoms with van der Waals surface area (Å²) in [5.41, 5.74) is 2.07. The lowest BCUT2D eigenvalue weighted by molar-refractivity contribution is -0.138. The fraction of sp³-hybridized carbons (Fsp3) is 0.682. The summed E-state index contributed by atoms with van der Waals surface area (Å²) >= 11 is 0. The highest BCUT2D eigenvalue weighted by atomic mass is 32.2. The van der Waals surface area contributed by atoms with Gasteiger partial charge in [0.2, 0.25) is 15.9 Å². The molecule has 3 rings (SSSR count). The Bertz CT molecular complexity index is 826. The number of piperazine rings is 1. The number of benzene rings is 1. The average Bonchev–Trinajstić information content (AvgIpc) is 2.74. The van der Waals surface area contributed by atoms with Crippen LogP contribution >= 0.6 is 0 Å². The second-order valence-corrected chi connectivity index (χ2v) is 10.5. The first-order valence-electron chi connectivity index (χ1n) is 10.8. The molecule has 2 aliphatic rings. The molecule has 1 amide bonds. The van der Waals surface area contributed by atoms with Crippen molar-refractivity contribution in [2.75, 3.05) is 33.2 Å². The van der Waals surface area contributed by atoms with Gasteiger partial charge in [-0.3, -0.25) is 9.69 Å². The van der Waals surface area contributed by atoms with E-state index < -0.39 is 10.0 Å². The SMILES string of the molecule is Cc1ccc(S(=O)(=O)N2CCN([C@H](C)C(=O)N(C)C3CCCCC3)CC2)cc1C. The predicted molar refractivity (Wildman–Crippen MR) is 115 cm³/mol. The third-order valence-electron chi connectivity index (χ3n) is 6.76. The van der Waals surface area contributed by atoms with Crippen LogP contribution in [0.4, 0.5) is 0 Å². The lowest BCUT2D eigenvalue weighted by Gasteiger charge is -2.39. The standard InChI is InChI=1S/C22H35N3O3S/c1-17-10-11-21(16-18(17)2)29(27,28)25-14-12-24(13-15-25)19(3)22(26)23(4)20-8-6-5-7-9-20/h10-11,16,19-20H,5-9,12-15H2,1-4H3/t19-/m1/s1. The molecule has 0 bridgehead atoms. The monoisotopic (exact) mass is 421 g/mol. The van der Waals surface area contributed by atoms with Crippen molar-refractivity contribution in [2.24, 2.45) is 0 Å². The van der Waals surface area contributed by atoms with Crippen LogP contribution in [0.2, 0.25) is 0 Å². The summed E-state index contributed by atoms with van der Waals surface area (Å²) in [6.45, 7) is 7.86. The molecular formula is C22H35N3O3S. The first-order valence-corrected chi connectivity index (χ1v) is 12.2. The molecule has 1 aromatic rings. The molecule has 1 aromatic carbocycles. The van der Waals surface area contributed by atoms with Gasteiger partial charge in [0.15, 0.2) is 0 Å². The van der Waals surface area contributed by atoms with Gasteiger partial charge >= 0.3 is 0 Å². The van der Waals surface area contributed by atoms with Crippen LogP contribution in [0.25, 0.3) is 0 Å². The number of likely N-dealkylation sites (N-methyl/N-ethyl adjacent to an activating group) is 1. The number of hydrogen-bond acceptors (Lipinski definition) is 4. The van der Waals surface area contributed by atoms with Crippen LogP contribution in [-0.4, -0.2) is 73.7 Å². The van der Waals surface area contributed by atoms with Crippen molar-refractivity contribution in [2.45, 2.75) is 69.9 Å². The van der Waals surface area contributed by atoms with Crippen LogP contribution in [0, 0.1) is 13.8 Å². The largest absolute Gasteiger partial charge is 0.341 e. The second kappa shape index (κ2) is 9.14. The minimum absolute atomic E-state index is 0.155. The maximum absolute atomic E-state index is 13.0. The van der Waals surface area contributed by atoms with E-state index in [1.54, 1.807) is 16.4 Å². The zero-order chi connectivity index (χ0) is 21.2. The molecular weight excluding hydrogens is 386 g/mol. The molecule has 1 heterocycles. The van der Waals surface area contributed by atoms with E-state index in [1.807, 2.05) is 38.8 Å². The quantitative estimate of drug-likeness (QED) is 0.734. The summed E-state index contributed by atoms with van der Waals surface area (Å²) in [5, 5.41) is 0. The molecule has 6 nitrogen and oxygen atoms in total. The Morgan fingerprint density at radius 2 is 1.66 bits per heavy atom. The lowest BCUT2D eigenvalue weighted by atomic mass is 9.94. The molecule has 1 saturated carbocycles. The molecule has 0 unspecified atom stereocenters. The minimum Gasteiger partial charge on any atom is -0.341 e. The summed E-state index contributed by atoms with van der Waals surface area (Å²) in [4.78, 5) is 17.4. The zero-order valence-electron chi connectivity index (χ0n) is 18.2. The number of aryl methyl sites for hydroxylation is 2. The normalized spacial score (nSPS) is 21.1. The molecule has 1 saturated heterocycles. The van der Waals surface area contributed by atoms with Crippen LogP contribution in [0.5, 0.6) is 0 Å². The maximum Gasteiger partial charge on any atom is 0.243 e. The Morgan fingerprint density at radius 3 is 2.24 bits per heavy atom. The fourth-order valence-corrected chi connectivity index (χ4v) is 5.96. The highest BCUT2D eigenvalue weighted by Crippen LogP contribution is 2.24. The Kier molecular flexibility index (Phi) is 7.02. The Morgan fingerprint density at radius 1 is 1.03 bits per heavy atom. The number of carbonyl (C=O) groups excluding carboxylic acids is 1. The highest BCUT2D eigenvalue weighted by molar-refractivity contribution is 7.89. The third-order valence-corrected chi connectivity index (χ3v) is 8.66. The molecule has 0 aromatic heterocycles. The third kappa shape index (κ3) is 4.84. The molecule has 7 heteroatoms. The van der Waals surface area contributed by atoms with Gasteiger partial charge in [-0.25, -0.2) is 8.42 Å². The highest BCUT2D eigenvalue weighted by Gasteiger charge is 2.34. The summed E-state index contributed by atoms with van der Waals surface area (Å²) < 4.78 is 27.6. The van der Waals surface area contributed by atoms with Crippen molar-refractivity contribution in [3.8, 4) is 0 Å². The van der Waals surface area contributed by atoms with E-state index in [-0.39, 0.29) is 11.9 Å². The number of amides is 1. The van der Waals surface area contributed by atoms with E-state index in [1.165, 1.54) is 19.3 Å². The van der Waals surface area contributed by atoms with E-state index in [0.717, 1.165) is 24.0 Å². The first-order chi connectivity index (χ1) is 13.7. The summed E-state index contributed by atoms with van der Waals surface area (Å²) in [6.07, 6.45) is 5.86. The maximum atomic E-state index is 13.0. The van der Waals surface area contributed by atoms with Gasteiger partial charge in [-0.2, -0.15) is 4.31 Å². The molecule has 162 valence electrons. The summed E-state index contributed by atoms with van der Waals surface area (Å²) in [5.74, 6) is 0.155. The number of carbonyl (C=O) groups is 1. The van der Waals surface area contributed by atoms with Crippen LogP contribution in [0.15, 0.2) is 23.1 Å². The van der Waals surface area contributed by atoms with Crippen molar-refractivity contribution in [1.82, 2.24) is 14.1 Å². The Labute approximate surface area is 175 Å². The van der Waals surface area contributed by atoms with E-state index in [0.29, 0.717) is 37.1 Å². The molecule has 1 atom stereocenters. The van der Waals surface area contributed by atoms with Crippen LogP contribution in [0.3, 0.4) is 0 Å². The molecule has 0 radical (unpaired) electrons. The lowest BCUT2D eigenvalue weighted by Crippen LogP contribution is -2.56. The van der Waals surface area contributed by atoms with Gasteiger partial charge in [-0.1, -0.05) is 25.3 Å². The van der Waals surface area contributed by atoms with Crippen molar-refractivity contribution in [3.05, 3.63) is 29.3 Å². The summed E-state index contributed by atoms with van der Waals surface area (Å²) in [6, 6.07) is 5.44. The minimum atomic E-state index is -3.49. The van der Waals surface area contributed by atoms with Gasteiger partial charge in [-0.05, 0) is 56.9 Å². The molecule has 0 spiro atoms. The number of nitrogens with zero attached hydrogens (tertiary/aromatic N) is 3. The fourth-order valence-electron chi connectivity index (χ4n) is 4.45. The molecule has 1 aliphatic carbocycles. The van der Waals surface area contributed by atoms with Crippen LogP contribution in [0.1, 0.15) is 50.2 Å². The van der Waals surface area contributed by atoms with Gasteiger partial charge < -0.3 is 4.90 Å². The number of hydrogen-bond donors (Lipinski definition) is 0. The predicted octanol–water partition coefficient (Wildman–Crippen LogP) is 2.79. The topological polar surface area (TPSA) is 60.9 Å². The van der Waals surface area contributed by atoms with Gasteiger partial charge in [0.05, 0.1) is 10.9 Å². The van der Waals surface area contributed by atoms with Crippen molar-refractivity contribution < 1.29 is 13.2 Å². The van der Waals surface area contributed by atoms with Gasteiger partial charge in [0, 0.05) is 39.3 Å². The first kappa shape index (κ1) is 22.2. The van der Waals surface area contributed by atoms with Gasteiger partial charge in [0.25, 0.3) is 0 Å². The van der Waals surface area contributed by atoms with E-state index >= 15 is 0 Å². The van der Waals surface area contributed by atoms with Crippen molar-refractivity contribution in [1.29, 1.82) is 0 Å². The second-order valence-electron chi connectivity index (χ2n) is 8.60. The number of sulfonamides is 1. The van der Waals surface area contributed by atoms with E-state index in [2.05, 4.69) is 4.90 Å². The Hall–Kier alpha value is -1.44. The van der Waals surface area contributed by atoms with Crippen molar-refractivity contribution >= 4 is 15.9 Å². The molecule has 1 aliphatic heterocycles. The molecule has 2 fully saturated rings. The van der Waals surface area contributed by atoms with Crippen LogP contribution in [-0.2, 0) is 14.8 Å². The van der Waals surface area contributed by atoms with Crippen LogP contribution < -0.4 is 0 Å². The van der Waals surface area contributed by atoms with E-state index in [4.69, 9.17) is 0 Å². The van der Waals surface area contributed by atoms with Gasteiger partial charge in [-0.15, -0.1) is 0 Å².